The first-order chi connectivity index (χ1) is 10.1. The molecule has 1 heterocycles. The molecule has 2 rings (SSSR count). The fourth-order valence-electron chi connectivity index (χ4n) is 3.28. The first-order valence-electron chi connectivity index (χ1n) is 8.54. The smallest absolute Gasteiger partial charge is 0.128 e. The maximum Gasteiger partial charge on any atom is 0.128 e. The molecule has 1 N–H and O–H groups in total. The standard InChI is InChI=1S/C18H31N3/c1-5-11-19-15(3)16-9-10-18(20-13-16)21(4)17-8-6-7-14(2)12-17/h9-10,13-15,17,19H,5-8,11-12H2,1-4H3. The zero-order valence-corrected chi connectivity index (χ0v) is 14.1. The van der Waals surface area contributed by atoms with Gasteiger partial charge in [0.1, 0.15) is 5.82 Å². The number of hydrogen-bond acceptors (Lipinski definition) is 3. The fourth-order valence-corrected chi connectivity index (χ4v) is 3.28. The minimum absolute atomic E-state index is 0.381. The van der Waals surface area contributed by atoms with Gasteiger partial charge < -0.3 is 10.2 Å². The number of pyridine rings is 1. The van der Waals surface area contributed by atoms with Crippen LogP contribution in [0.25, 0.3) is 0 Å². The van der Waals surface area contributed by atoms with Gasteiger partial charge in [-0.2, -0.15) is 0 Å². The van der Waals surface area contributed by atoms with Crippen LogP contribution in [-0.4, -0.2) is 24.6 Å². The van der Waals surface area contributed by atoms with Crippen molar-refractivity contribution in [1.29, 1.82) is 0 Å². The summed E-state index contributed by atoms with van der Waals surface area (Å²) in [4.78, 5) is 7.07. The monoisotopic (exact) mass is 289 g/mol. The molecule has 1 fully saturated rings. The van der Waals surface area contributed by atoms with Gasteiger partial charge in [-0.15, -0.1) is 0 Å². The Morgan fingerprint density at radius 2 is 2.19 bits per heavy atom. The lowest BCUT2D eigenvalue weighted by molar-refractivity contribution is 0.335. The summed E-state index contributed by atoms with van der Waals surface area (Å²) in [7, 11) is 2.20. The van der Waals surface area contributed by atoms with Crippen LogP contribution in [0.3, 0.4) is 0 Å². The van der Waals surface area contributed by atoms with Crippen molar-refractivity contribution in [3.05, 3.63) is 23.9 Å². The van der Waals surface area contributed by atoms with E-state index in [-0.39, 0.29) is 0 Å². The van der Waals surface area contributed by atoms with Gasteiger partial charge in [0.15, 0.2) is 0 Å². The molecule has 1 aromatic rings. The van der Waals surface area contributed by atoms with Gasteiger partial charge in [0.25, 0.3) is 0 Å². The largest absolute Gasteiger partial charge is 0.357 e. The molecular weight excluding hydrogens is 258 g/mol. The predicted molar refractivity (Wildman–Crippen MR) is 90.8 cm³/mol. The van der Waals surface area contributed by atoms with Crippen molar-refractivity contribution in [3.63, 3.8) is 0 Å². The van der Waals surface area contributed by atoms with E-state index in [1.54, 1.807) is 0 Å². The van der Waals surface area contributed by atoms with Crippen molar-refractivity contribution in [3.8, 4) is 0 Å². The van der Waals surface area contributed by atoms with Gasteiger partial charge in [-0.05, 0) is 50.3 Å². The van der Waals surface area contributed by atoms with Gasteiger partial charge in [0.2, 0.25) is 0 Å². The summed E-state index contributed by atoms with van der Waals surface area (Å²) in [6.07, 6.45) is 8.54. The third kappa shape index (κ3) is 4.44. The highest BCUT2D eigenvalue weighted by atomic mass is 15.2. The van der Waals surface area contributed by atoms with Crippen LogP contribution in [0.15, 0.2) is 18.3 Å². The lowest BCUT2D eigenvalue weighted by Crippen LogP contribution is -2.36. The number of nitrogens with one attached hydrogen (secondary N) is 1. The summed E-state index contributed by atoms with van der Waals surface area (Å²) >= 11 is 0. The highest BCUT2D eigenvalue weighted by Crippen LogP contribution is 2.29. The number of hydrogen-bond donors (Lipinski definition) is 1. The molecule has 0 bridgehead atoms. The summed E-state index contributed by atoms with van der Waals surface area (Å²) in [5.74, 6) is 1.96. The van der Waals surface area contributed by atoms with Gasteiger partial charge in [0, 0.05) is 25.3 Å². The van der Waals surface area contributed by atoms with Crippen LogP contribution in [0.1, 0.15) is 64.5 Å². The maximum absolute atomic E-state index is 4.69. The average molecular weight is 289 g/mol. The summed E-state index contributed by atoms with van der Waals surface area (Å²) < 4.78 is 0. The minimum Gasteiger partial charge on any atom is -0.357 e. The van der Waals surface area contributed by atoms with E-state index >= 15 is 0 Å². The molecule has 3 nitrogen and oxygen atoms in total. The van der Waals surface area contributed by atoms with Crippen LogP contribution in [0.5, 0.6) is 0 Å². The zero-order valence-electron chi connectivity index (χ0n) is 14.1. The third-order valence-electron chi connectivity index (χ3n) is 4.79. The summed E-state index contributed by atoms with van der Waals surface area (Å²) in [6, 6.07) is 5.44. The van der Waals surface area contributed by atoms with Crippen molar-refractivity contribution in [2.45, 2.75) is 65.0 Å². The Morgan fingerprint density at radius 1 is 1.38 bits per heavy atom. The minimum atomic E-state index is 0.381. The van der Waals surface area contributed by atoms with E-state index in [1.165, 1.54) is 37.7 Å². The molecule has 3 unspecified atom stereocenters. The normalized spacial score (nSPS) is 23.8. The molecule has 1 aromatic heterocycles. The van der Waals surface area contributed by atoms with E-state index in [0.29, 0.717) is 12.1 Å². The van der Waals surface area contributed by atoms with E-state index in [4.69, 9.17) is 4.98 Å². The van der Waals surface area contributed by atoms with Crippen LogP contribution >= 0.6 is 0 Å². The first kappa shape index (κ1) is 16.3. The Hall–Kier alpha value is -1.09. The van der Waals surface area contributed by atoms with E-state index in [2.05, 4.69) is 50.2 Å². The Balaban J connectivity index is 1.97. The van der Waals surface area contributed by atoms with Crippen LogP contribution in [0.2, 0.25) is 0 Å². The van der Waals surface area contributed by atoms with E-state index in [0.717, 1.165) is 18.3 Å². The lowest BCUT2D eigenvalue weighted by atomic mass is 9.86. The Morgan fingerprint density at radius 3 is 2.81 bits per heavy atom. The zero-order chi connectivity index (χ0) is 15.2. The Labute approximate surface area is 130 Å². The summed E-state index contributed by atoms with van der Waals surface area (Å²) in [5, 5.41) is 3.51. The van der Waals surface area contributed by atoms with Crippen LogP contribution < -0.4 is 10.2 Å². The van der Waals surface area contributed by atoms with Gasteiger partial charge in [-0.3, -0.25) is 0 Å². The summed E-state index contributed by atoms with van der Waals surface area (Å²) in [5.41, 5.74) is 1.28. The average Bonchev–Trinajstić information content (AvgIpc) is 2.52. The highest BCUT2D eigenvalue weighted by molar-refractivity contribution is 5.40. The highest BCUT2D eigenvalue weighted by Gasteiger charge is 2.23. The number of anilines is 1. The molecule has 1 aliphatic rings. The molecule has 0 amide bonds. The third-order valence-corrected chi connectivity index (χ3v) is 4.79. The van der Waals surface area contributed by atoms with Gasteiger partial charge in [-0.25, -0.2) is 4.98 Å². The number of rotatable bonds is 6. The second-order valence-corrected chi connectivity index (χ2v) is 6.66. The SMILES string of the molecule is CCCNC(C)c1ccc(N(C)C2CCCC(C)C2)nc1. The van der Waals surface area contributed by atoms with Crippen LogP contribution in [-0.2, 0) is 0 Å². The van der Waals surface area contributed by atoms with Crippen molar-refractivity contribution in [2.24, 2.45) is 5.92 Å². The van der Waals surface area contributed by atoms with E-state index < -0.39 is 0 Å². The van der Waals surface area contributed by atoms with Crippen LogP contribution in [0, 0.1) is 5.92 Å². The molecule has 0 aliphatic heterocycles. The van der Waals surface area contributed by atoms with Gasteiger partial charge >= 0.3 is 0 Å². The lowest BCUT2D eigenvalue weighted by Gasteiger charge is -2.35. The topological polar surface area (TPSA) is 28.2 Å². The Kier molecular flexibility index (Phi) is 6.04. The molecular formula is C18H31N3. The molecule has 0 saturated heterocycles. The van der Waals surface area contributed by atoms with E-state index in [1.807, 2.05) is 6.20 Å². The number of aromatic nitrogens is 1. The molecule has 0 aromatic carbocycles. The van der Waals surface area contributed by atoms with Gasteiger partial charge in [-0.1, -0.05) is 32.8 Å². The van der Waals surface area contributed by atoms with Gasteiger partial charge in [0.05, 0.1) is 0 Å². The molecule has 3 heteroatoms. The van der Waals surface area contributed by atoms with Crippen molar-refractivity contribution < 1.29 is 0 Å². The predicted octanol–water partition coefficient (Wildman–Crippen LogP) is 4.16. The quantitative estimate of drug-likeness (QED) is 0.852. The molecule has 1 aliphatic carbocycles. The molecule has 0 spiro atoms. The molecule has 1 saturated carbocycles. The summed E-state index contributed by atoms with van der Waals surface area (Å²) in [6.45, 7) is 7.83. The second kappa shape index (κ2) is 7.79. The van der Waals surface area contributed by atoms with Crippen molar-refractivity contribution in [2.75, 3.05) is 18.5 Å². The number of nitrogens with zero attached hydrogens (tertiary/aromatic N) is 2. The second-order valence-electron chi connectivity index (χ2n) is 6.66. The first-order valence-corrected chi connectivity index (χ1v) is 8.54. The fraction of sp³-hybridized carbons (Fsp3) is 0.722. The molecule has 3 atom stereocenters. The maximum atomic E-state index is 4.69. The van der Waals surface area contributed by atoms with E-state index in [9.17, 15) is 0 Å². The van der Waals surface area contributed by atoms with Crippen LogP contribution in [0.4, 0.5) is 5.82 Å². The molecule has 118 valence electrons. The Bertz CT molecular complexity index is 415. The van der Waals surface area contributed by atoms with Crippen molar-refractivity contribution >= 4 is 5.82 Å². The molecule has 0 radical (unpaired) electrons. The van der Waals surface area contributed by atoms with Crippen molar-refractivity contribution in [1.82, 2.24) is 10.3 Å². The molecule has 21 heavy (non-hydrogen) atoms.